The van der Waals surface area contributed by atoms with Gasteiger partial charge in [-0.1, -0.05) is 0 Å². The summed E-state index contributed by atoms with van der Waals surface area (Å²) < 4.78 is 24.6. The Bertz CT molecular complexity index is 419. The molecule has 116 valence electrons. The van der Waals surface area contributed by atoms with Crippen molar-refractivity contribution >= 4 is 15.9 Å². The molecule has 2 heterocycles. The minimum absolute atomic E-state index is 0.0455. The Morgan fingerprint density at radius 2 is 2.20 bits per heavy atom. The summed E-state index contributed by atoms with van der Waals surface area (Å²) in [5.41, 5.74) is 0. The minimum atomic E-state index is -3.08. The van der Waals surface area contributed by atoms with Crippen LogP contribution in [-0.2, 0) is 14.8 Å². The summed E-state index contributed by atoms with van der Waals surface area (Å²) >= 11 is 0. The number of piperidine rings is 1. The van der Waals surface area contributed by atoms with E-state index < -0.39 is 10.0 Å². The fourth-order valence-electron chi connectivity index (χ4n) is 2.84. The van der Waals surface area contributed by atoms with Crippen molar-refractivity contribution in [2.45, 2.75) is 32.1 Å². The third-order valence-electron chi connectivity index (χ3n) is 4.07. The zero-order chi connectivity index (χ0) is 14.4. The van der Waals surface area contributed by atoms with Crippen LogP contribution < -0.4 is 10.6 Å². The Labute approximate surface area is 121 Å². The molecule has 0 saturated carbocycles. The number of nitrogens with zero attached hydrogens (tertiary/aromatic N) is 1. The number of rotatable bonds is 6. The van der Waals surface area contributed by atoms with Crippen LogP contribution in [0, 0.1) is 5.92 Å². The molecule has 7 heteroatoms. The maximum absolute atomic E-state index is 11.7. The molecule has 0 spiro atoms. The Morgan fingerprint density at radius 3 is 2.85 bits per heavy atom. The quantitative estimate of drug-likeness (QED) is 0.719. The summed E-state index contributed by atoms with van der Waals surface area (Å²) in [6.45, 7) is 3.72. The number of sulfonamides is 1. The summed E-state index contributed by atoms with van der Waals surface area (Å²) in [4.78, 5) is 11.7. The van der Waals surface area contributed by atoms with Gasteiger partial charge in [0.1, 0.15) is 0 Å². The van der Waals surface area contributed by atoms with E-state index in [2.05, 4.69) is 10.6 Å². The van der Waals surface area contributed by atoms with E-state index in [0.29, 0.717) is 32.0 Å². The van der Waals surface area contributed by atoms with E-state index in [1.165, 1.54) is 17.1 Å². The van der Waals surface area contributed by atoms with Gasteiger partial charge in [0.15, 0.2) is 0 Å². The van der Waals surface area contributed by atoms with Crippen LogP contribution in [-0.4, -0.2) is 57.1 Å². The molecule has 0 aromatic carbocycles. The third kappa shape index (κ3) is 4.71. The molecule has 1 unspecified atom stereocenters. The summed E-state index contributed by atoms with van der Waals surface area (Å²) in [5, 5.41) is 6.25. The standard InChI is InChI=1S/C13H25N3O3S/c17-13(5-9-16-8-2-10-20(16,18)19)15-7-4-12-3-1-6-14-11-12/h12,14H,1-11H2,(H,15,17). The second-order valence-corrected chi connectivity index (χ2v) is 7.76. The fraction of sp³-hybridized carbons (Fsp3) is 0.923. The van der Waals surface area contributed by atoms with Gasteiger partial charge in [-0.2, -0.15) is 0 Å². The number of nitrogens with one attached hydrogen (secondary N) is 2. The average molecular weight is 303 g/mol. The monoisotopic (exact) mass is 303 g/mol. The summed E-state index contributed by atoms with van der Waals surface area (Å²) in [5.74, 6) is 0.836. The van der Waals surface area contributed by atoms with Gasteiger partial charge < -0.3 is 10.6 Å². The summed E-state index contributed by atoms with van der Waals surface area (Å²) in [7, 11) is -3.08. The number of carbonyl (C=O) groups is 1. The molecule has 0 aromatic rings. The Morgan fingerprint density at radius 1 is 1.35 bits per heavy atom. The third-order valence-corrected chi connectivity index (χ3v) is 6.02. The van der Waals surface area contributed by atoms with Gasteiger partial charge >= 0.3 is 0 Å². The smallest absolute Gasteiger partial charge is 0.221 e. The highest BCUT2D eigenvalue weighted by atomic mass is 32.2. The Balaban J connectivity index is 1.58. The van der Waals surface area contributed by atoms with E-state index in [0.717, 1.165) is 19.5 Å². The largest absolute Gasteiger partial charge is 0.356 e. The first kappa shape index (κ1) is 15.7. The Hall–Kier alpha value is -0.660. The molecule has 0 aromatic heterocycles. The molecule has 2 N–H and O–H groups in total. The molecule has 1 amide bonds. The van der Waals surface area contributed by atoms with Crippen molar-refractivity contribution < 1.29 is 13.2 Å². The number of hydrogen-bond acceptors (Lipinski definition) is 4. The summed E-state index contributed by atoms with van der Waals surface area (Å²) in [6.07, 6.45) is 4.39. The van der Waals surface area contributed by atoms with Crippen molar-refractivity contribution in [1.82, 2.24) is 14.9 Å². The highest BCUT2D eigenvalue weighted by Gasteiger charge is 2.28. The topological polar surface area (TPSA) is 78.5 Å². The van der Waals surface area contributed by atoms with Crippen molar-refractivity contribution in [3.63, 3.8) is 0 Å². The van der Waals surface area contributed by atoms with E-state index in [1.807, 2.05) is 0 Å². The second kappa shape index (κ2) is 7.38. The van der Waals surface area contributed by atoms with Gasteiger partial charge in [-0.15, -0.1) is 0 Å². The van der Waals surface area contributed by atoms with Crippen LogP contribution in [0.5, 0.6) is 0 Å². The first-order valence-electron chi connectivity index (χ1n) is 7.53. The molecule has 2 rings (SSSR count). The fourth-order valence-corrected chi connectivity index (χ4v) is 4.37. The first-order chi connectivity index (χ1) is 9.58. The molecule has 0 bridgehead atoms. The molecular weight excluding hydrogens is 278 g/mol. The molecule has 1 atom stereocenters. The van der Waals surface area contributed by atoms with Gasteiger partial charge in [0.2, 0.25) is 15.9 Å². The maximum Gasteiger partial charge on any atom is 0.221 e. The van der Waals surface area contributed by atoms with E-state index >= 15 is 0 Å². The van der Waals surface area contributed by atoms with Crippen LogP contribution >= 0.6 is 0 Å². The van der Waals surface area contributed by atoms with Gasteiger partial charge in [0.25, 0.3) is 0 Å². The Kier molecular flexibility index (Phi) is 5.80. The van der Waals surface area contributed by atoms with Gasteiger partial charge in [-0.05, 0) is 44.7 Å². The SMILES string of the molecule is O=C(CCN1CCCS1(=O)=O)NCCC1CCCNC1. The highest BCUT2D eigenvalue weighted by Crippen LogP contribution is 2.14. The number of carbonyl (C=O) groups excluding carboxylic acids is 1. The average Bonchev–Trinajstić information content (AvgIpc) is 2.76. The van der Waals surface area contributed by atoms with Crippen LogP contribution in [0.15, 0.2) is 0 Å². The van der Waals surface area contributed by atoms with Crippen molar-refractivity contribution in [3.8, 4) is 0 Å². The first-order valence-corrected chi connectivity index (χ1v) is 9.14. The van der Waals surface area contributed by atoms with Gasteiger partial charge in [0, 0.05) is 26.1 Å². The lowest BCUT2D eigenvalue weighted by Gasteiger charge is -2.22. The molecular formula is C13H25N3O3S. The normalized spacial score (nSPS) is 26.5. The lowest BCUT2D eigenvalue weighted by molar-refractivity contribution is -0.121. The van der Waals surface area contributed by atoms with Crippen LogP contribution in [0.2, 0.25) is 0 Å². The number of hydrogen-bond donors (Lipinski definition) is 2. The van der Waals surface area contributed by atoms with Crippen molar-refractivity contribution in [1.29, 1.82) is 0 Å². The zero-order valence-electron chi connectivity index (χ0n) is 11.9. The summed E-state index contributed by atoms with van der Waals surface area (Å²) in [6, 6.07) is 0. The van der Waals surface area contributed by atoms with Crippen molar-refractivity contribution in [2.75, 3.05) is 38.5 Å². The van der Waals surface area contributed by atoms with E-state index in [4.69, 9.17) is 0 Å². The highest BCUT2D eigenvalue weighted by molar-refractivity contribution is 7.89. The molecule has 0 radical (unpaired) electrons. The van der Waals surface area contributed by atoms with Crippen molar-refractivity contribution in [3.05, 3.63) is 0 Å². The van der Waals surface area contributed by atoms with Crippen molar-refractivity contribution in [2.24, 2.45) is 5.92 Å². The van der Waals surface area contributed by atoms with E-state index in [9.17, 15) is 13.2 Å². The van der Waals surface area contributed by atoms with Gasteiger partial charge in [-0.3, -0.25) is 4.79 Å². The van der Waals surface area contributed by atoms with Crippen LogP contribution in [0.1, 0.15) is 32.1 Å². The lowest BCUT2D eigenvalue weighted by atomic mass is 9.96. The van der Waals surface area contributed by atoms with E-state index in [-0.39, 0.29) is 18.1 Å². The molecule has 2 fully saturated rings. The molecule has 2 aliphatic rings. The predicted molar refractivity (Wildman–Crippen MR) is 77.8 cm³/mol. The maximum atomic E-state index is 11.7. The zero-order valence-corrected chi connectivity index (χ0v) is 12.8. The van der Waals surface area contributed by atoms with Crippen LogP contribution in [0.25, 0.3) is 0 Å². The molecule has 2 aliphatic heterocycles. The van der Waals surface area contributed by atoms with Gasteiger partial charge in [0.05, 0.1) is 5.75 Å². The number of amides is 1. The molecule has 20 heavy (non-hydrogen) atoms. The lowest BCUT2D eigenvalue weighted by Crippen LogP contribution is -2.35. The van der Waals surface area contributed by atoms with Crippen LogP contribution in [0.4, 0.5) is 0 Å². The van der Waals surface area contributed by atoms with E-state index in [1.54, 1.807) is 0 Å². The molecule has 6 nitrogen and oxygen atoms in total. The second-order valence-electron chi connectivity index (χ2n) is 5.67. The molecule has 0 aliphatic carbocycles. The minimum Gasteiger partial charge on any atom is -0.356 e. The molecule has 2 saturated heterocycles. The predicted octanol–water partition coefficient (Wildman–Crippen LogP) is -0.0821. The van der Waals surface area contributed by atoms with Gasteiger partial charge in [-0.25, -0.2) is 12.7 Å². The van der Waals surface area contributed by atoms with Crippen LogP contribution in [0.3, 0.4) is 0 Å².